The number of hydrogen-bond donors (Lipinski definition) is 1. The van der Waals surface area contributed by atoms with Crippen molar-refractivity contribution in [1.82, 2.24) is 0 Å². The zero-order valence-electron chi connectivity index (χ0n) is 9.63. The van der Waals surface area contributed by atoms with Gasteiger partial charge in [0.15, 0.2) is 0 Å². The van der Waals surface area contributed by atoms with Crippen molar-refractivity contribution in [2.45, 2.75) is 19.9 Å². The van der Waals surface area contributed by atoms with Gasteiger partial charge < -0.3 is 5.32 Å². The molecule has 0 aliphatic carbocycles. The molecule has 1 N–H and O–H groups in total. The third-order valence-electron chi connectivity index (χ3n) is 2.49. The Morgan fingerprint density at radius 1 is 1.18 bits per heavy atom. The molecule has 90 valence electrons. The number of benzene rings is 1. The first kappa shape index (κ1) is 13.1. The number of halogens is 2. The molecule has 0 bridgehead atoms. The molecule has 1 aromatic heterocycles. The first-order chi connectivity index (χ1) is 8.06. The highest BCUT2D eigenvalue weighted by Crippen LogP contribution is 2.31. The van der Waals surface area contributed by atoms with Crippen molar-refractivity contribution in [1.29, 1.82) is 0 Å². The van der Waals surface area contributed by atoms with E-state index in [1.165, 1.54) is 9.75 Å². The minimum Gasteiger partial charge on any atom is -0.377 e. The number of aryl methyl sites for hydroxylation is 1. The Labute approximate surface area is 123 Å². The van der Waals surface area contributed by atoms with Crippen LogP contribution in [0.2, 0.25) is 0 Å². The molecule has 1 unspecified atom stereocenters. The lowest BCUT2D eigenvalue weighted by atomic mass is 10.2. The highest BCUT2D eigenvalue weighted by Gasteiger charge is 2.09. The second-order valence-corrected chi connectivity index (χ2v) is 7.03. The zero-order chi connectivity index (χ0) is 12.4. The molecule has 0 amide bonds. The van der Waals surface area contributed by atoms with Crippen molar-refractivity contribution in [2.24, 2.45) is 0 Å². The van der Waals surface area contributed by atoms with Crippen LogP contribution in [0.1, 0.15) is 22.7 Å². The highest BCUT2D eigenvalue weighted by atomic mass is 79.9. The Morgan fingerprint density at radius 2 is 1.94 bits per heavy atom. The van der Waals surface area contributed by atoms with Crippen LogP contribution in [0.3, 0.4) is 0 Å². The van der Waals surface area contributed by atoms with Gasteiger partial charge in [0, 0.05) is 24.4 Å². The van der Waals surface area contributed by atoms with E-state index in [1.54, 1.807) is 0 Å². The third kappa shape index (κ3) is 3.33. The summed E-state index contributed by atoms with van der Waals surface area (Å²) < 4.78 is 2.15. The van der Waals surface area contributed by atoms with Gasteiger partial charge in [0.25, 0.3) is 0 Å². The van der Waals surface area contributed by atoms with Crippen molar-refractivity contribution in [3.05, 3.63) is 49.0 Å². The van der Waals surface area contributed by atoms with Crippen LogP contribution in [0, 0.1) is 6.92 Å². The lowest BCUT2D eigenvalue weighted by molar-refractivity contribution is 0.907. The lowest BCUT2D eigenvalue weighted by Crippen LogP contribution is -2.05. The van der Waals surface area contributed by atoms with Crippen LogP contribution in [0.5, 0.6) is 0 Å². The summed E-state index contributed by atoms with van der Waals surface area (Å²) in [6.07, 6.45) is 0. The van der Waals surface area contributed by atoms with Crippen LogP contribution in [0.15, 0.2) is 39.3 Å². The smallest absolute Gasteiger partial charge is 0.0578 e. The Balaban J connectivity index is 2.15. The first-order valence-electron chi connectivity index (χ1n) is 5.34. The van der Waals surface area contributed by atoms with Crippen molar-refractivity contribution < 1.29 is 0 Å². The predicted octanol–water partition coefficient (Wildman–Crippen LogP) is 5.75. The molecule has 0 fully saturated rings. The van der Waals surface area contributed by atoms with Gasteiger partial charge in [-0.2, -0.15) is 0 Å². The monoisotopic (exact) mass is 373 g/mol. The van der Waals surface area contributed by atoms with E-state index in [0.29, 0.717) is 6.04 Å². The predicted molar refractivity (Wildman–Crippen MR) is 82.9 cm³/mol. The van der Waals surface area contributed by atoms with Crippen molar-refractivity contribution in [2.75, 3.05) is 5.32 Å². The molecule has 0 radical (unpaired) electrons. The van der Waals surface area contributed by atoms with E-state index < -0.39 is 0 Å². The van der Waals surface area contributed by atoms with Gasteiger partial charge in [-0.15, -0.1) is 11.3 Å². The first-order valence-corrected chi connectivity index (χ1v) is 7.74. The fourth-order valence-corrected chi connectivity index (χ4v) is 3.64. The molecule has 0 saturated heterocycles. The molecule has 0 aliphatic rings. The molecule has 4 heteroatoms. The topological polar surface area (TPSA) is 12.0 Å². The Hall–Kier alpha value is -0.320. The number of thiophene rings is 1. The number of hydrogen-bond acceptors (Lipinski definition) is 2. The summed E-state index contributed by atoms with van der Waals surface area (Å²) in [5, 5.41) is 3.51. The summed E-state index contributed by atoms with van der Waals surface area (Å²) in [5.41, 5.74) is 1.12. The lowest BCUT2D eigenvalue weighted by Gasteiger charge is -2.15. The molecule has 1 nitrogen and oxygen atoms in total. The minimum absolute atomic E-state index is 0.325. The van der Waals surface area contributed by atoms with Gasteiger partial charge in [-0.25, -0.2) is 0 Å². The largest absolute Gasteiger partial charge is 0.377 e. The Bertz CT molecular complexity index is 522. The van der Waals surface area contributed by atoms with Gasteiger partial charge in [-0.3, -0.25) is 0 Å². The maximum absolute atomic E-state index is 3.56. The molecular weight excluding hydrogens is 362 g/mol. The van der Waals surface area contributed by atoms with Crippen molar-refractivity contribution in [3.63, 3.8) is 0 Å². The second-order valence-electron chi connectivity index (χ2n) is 3.94. The fraction of sp³-hybridized carbons (Fsp3) is 0.231. The molecule has 0 saturated carbocycles. The highest BCUT2D eigenvalue weighted by molar-refractivity contribution is 9.11. The summed E-state index contributed by atoms with van der Waals surface area (Å²) in [6, 6.07) is 10.8. The molecule has 1 heterocycles. The standard InChI is InChI=1S/C13H13Br2NS/c1-8-3-6-13(17-8)9(2)16-12-5-4-10(14)7-11(12)15/h3-7,9,16H,1-2H3. The van der Waals surface area contributed by atoms with Gasteiger partial charge in [0.2, 0.25) is 0 Å². The van der Waals surface area contributed by atoms with Crippen LogP contribution in [-0.2, 0) is 0 Å². The molecular formula is C13H13Br2NS. The maximum atomic E-state index is 3.56. The van der Waals surface area contributed by atoms with E-state index in [4.69, 9.17) is 0 Å². The van der Waals surface area contributed by atoms with Crippen LogP contribution < -0.4 is 5.32 Å². The molecule has 17 heavy (non-hydrogen) atoms. The van der Waals surface area contributed by atoms with Gasteiger partial charge in [0.05, 0.1) is 6.04 Å². The van der Waals surface area contributed by atoms with Crippen molar-refractivity contribution in [3.8, 4) is 0 Å². The van der Waals surface area contributed by atoms with Gasteiger partial charge in [-0.05, 0) is 60.1 Å². The Kier molecular flexibility index (Phi) is 4.28. The second kappa shape index (κ2) is 5.55. The van der Waals surface area contributed by atoms with E-state index in [1.807, 2.05) is 17.4 Å². The van der Waals surface area contributed by atoms with Crippen LogP contribution in [0.25, 0.3) is 0 Å². The van der Waals surface area contributed by atoms with E-state index in [2.05, 4.69) is 75.3 Å². The summed E-state index contributed by atoms with van der Waals surface area (Å²) in [6.45, 7) is 4.32. The quantitative estimate of drug-likeness (QED) is 0.720. The normalized spacial score (nSPS) is 12.5. The summed E-state index contributed by atoms with van der Waals surface area (Å²) in [5.74, 6) is 0. The van der Waals surface area contributed by atoms with Crippen molar-refractivity contribution >= 4 is 48.9 Å². The molecule has 0 spiro atoms. The number of anilines is 1. The van der Waals surface area contributed by atoms with E-state index >= 15 is 0 Å². The van der Waals surface area contributed by atoms with Crippen LogP contribution >= 0.6 is 43.2 Å². The summed E-state index contributed by atoms with van der Waals surface area (Å²) in [7, 11) is 0. The fourth-order valence-electron chi connectivity index (χ4n) is 1.60. The molecule has 2 rings (SSSR count). The third-order valence-corrected chi connectivity index (χ3v) is 4.82. The number of rotatable bonds is 3. The van der Waals surface area contributed by atoms with Crippen LogP contribution in [-0.4, -0.2) is 0 Å². The van der Waals surface area contributed by atoms with Crippen LogP contribution in [0.4, 0.5) is 5.69 Å². The number of nitrogens with one attached hydrogen (secondary N) is 1. The molecule has 1 aromatic carbocycles. The minimum atomic E-state index is 0.325. The molecule has 2 aromatic rings. The SMILES string of the molecule is Cc1ccc(C(C)Nc2ccc(Br)cc2Br)s1. The maximum Gasteiger partial charge on any atom is 0.0578 e. The average Bonchev–Trinajstić information content (AvgIpc) is 2.69. The van der Waals surface area contributed by atoms with Gasteiger partial charge in [-0.1, -0.05) is 15.9 Å². The zero-order valence-corrected chi connectivity index (χ0v) is 13.6. The summed E-state index contributed by atoms with van der Waals surface area (Å²) >= 11 is 8.86. The van der Waals surface area contributed by atoms with E-state index in [-0.39, 0.29) is 0 Å². The molecule has 1 atom stereocenters. The van der Waals surface area contributed by atoms with E-state index in [0.717, 1.165) is 14.6 Å². The van der Waals surface area contributed by atoms with Gasteiger partial charge in [0.1, 0.15) is 0 Å². The average molecular weight is 375 g/mol. The Morgan fingerprint density at radius 3 is 2.53 bits per heavy atom. The van der Waals surface area contributed by atoms with Gasteiger partial charge >= 0.3 is 0 Å². The van der Waals surface area contributed by atoms with E-state index in [9.17, 15) is 0 Å². The summed E-state index contributed by atoms with van der Waals surface area (Å²) in [4.78, 5) is 2.71. The molecule has 0 aliphatic heterocycles.